The van der Waals surface area contributed by atoms with Gasteiger partial charge in [0.1, 0.15) is 0 Å². The number of esters is 1. The molecule has 1 heterocycles. The predicted octanol–water partition coefficient (Wildman–Crippen LogP) is 1.56. The molecule has 0 spiro atoms. The number of ether oxygens (including phenoxy) is 1. The number of aryl methyl sites for hydroxylation is 1. The maximum absolute atomic E-state index is 11.2. The molecule has 0 aliphatic rings. The van der Waals surface area contributed by atoms with Gasteiger partial charge in [-0.25, -0.2) is 9.48 Å². The van der Waals surface area contributed by atoms with Crippen molar-refractivity contribution >= 4 is 5.97 Å². The zero-order valence-electron chi connectivity index (χ0n) is 9.49. The Kier molecular flexibility index (Phi) is 4.27. The fourth-order valence-corrected chi connectivity index (χ4v) is 1.37. The molecule has 0 fully saturated rings. The topological polar surface area (TPSA) is 57.0 Å². The molecule has 0 bridgehead atoms. The second-order valence-electron chi connectivity index (χ2n) is 3.45. The van der Waals surface area contributed by atoms with Gasteiger partial charge in [-0.3, -0.25) is 0 Å². The van der Waals surface area contributed by atoms with Gasteiger partial charge < -0.3 is 4.74 Å². The lowest BCUT2D eigenvalue weighted by Crippen LogP contribution is -2.06. The summed E-state index contributed by atoms with van der Waals surface area (Å²) in [7, 11) is 1.35. The van der Waals surface area contributed by atoms with Crippen molar-refractivity contribution in [1.29, 1.82) is 0 Å². The van der Waals surface area contributed by atoms with Crippen LogP contribution >= 0.6 is 0 Å². The summed E-state index contributed by atoms with van der Waals surface area (Å²) < 4.78 is 6.35. The largest absolute Gasteiger partial charge is 0.464 e. The van der Waals surface area contributed by atoms with Gasteiger partial charge in [0.25, 0.3) is 0 Å². The summed E-state index contributed by atoms with van der Waals surface area (Å²) in [6, 6.07) is 0. The number of unbranched alkanes of at least 4 members (excludes halogenated alkanes) is 2. The molecule has 0 radical (unpaired) electrons. The Hall–Kier alpha value is -1.39. The van der Waals surface area contributed by atoms with Gasteiger partial charge in [-0.2, -0.15) is 0 Å². The molecule has 0 unspecified atom stereocenters. The average molecular weight is 211 g/mol. The lowest BCUT2D eigenvalue weighted by atomic mass is 10.2. The van der Waals surface area contributed by atoms with Gasteiger partial charge in [-0.1, -0.05) is 25.0 Å². The molecule has 0 amide bonds. The van der Waals surface area contributed by atoms with Crippen LogP contribution in [0.2, 0.25) is 0 Å². The first-order chi connectivity index (χ1) is 7.20. The summed E-state index contributed by atoms with van der Waals surface area (Å²) in [6.07, 6.45) is 3.38. The van der Waals surface area contributed by atoms with Crippen LogP contribution in [0.3, 0.4) is 0 Å². The van der Waals surface area contributed by atoms with Gasteiger partial charge in [0.15, 0.2) is 5.69 Å². The van der Waals surface area contributed by atoms with Crippen molar-refractivity contribution in [2.45, 2.75) is 39.7 Å². The third-order valence-electron chi connectivity index (χ3n) is 2.33. The first-order valence-electron chi connectivity index (χ1n) is 5.19. The van der Waals surface area contributed by atoms with E-state index in [9.17, 15) is 4.79 Å². The number of hydrogen-bond acceptors (Lipinski definition) is 4. The quantitative estimate of drug-likeness (QED) is 0.548. The highest BCUT2D eigenvalue weighted by atomic mass is 16.5. The minimum absolute atomic E-state index is 0.314. The van der Waals surface area contributed by atoms with Crippen LogP contribution in [0.25, 0.3) is 0 Å². The van der Waals surface area contributed by atoms with Crippen molar-refractivity contribution in [2.24, 2.45) is 0 Å². The molecule has 1 aromatic rings. The van der Waals surface area contributed by atoms with Crippen molar-refractivity contribution < 1.29 is 9.53 Å². The molecule has 0 aliphatic carbocycles. The highest BCUT2D eigenvalue weighted by molar-refractivity contribution is 5.88. The zero-order chi connectivity index (χ0) is 11.3. The maximum atomic E-state index is 11.2. The van der Waals surface area contributed by atoms with E-state index in [1.807, 2.05) is 6.92 Å². The Balaban J connectivity index is 2.67. The van der Waals surface area contributed by atoms with Crippen LogP contribution < -0.4 is 0 Å². The first-order valence-corrected chi connectivity index (χ1v) is 5.19. The van der Waals surface area contributed by atoms with Crippen molar-refractivity contribution in [3.05, 3.63) is 11.4 Å². The predicted molar refractivity (Wildman–Crippen MR) is 55.6 cm³/mol. The van der Waals surface area contributed by atoms with Gasteiger partial charge >= 0.3 is 5.97 Å². The van der Waals surface area contributed by atoms with E-state index in [-0.39, 0.29) is 0 Å². The standard InChI is InChI=1S/C10H17N3O2/c1-4-5-6-7-13-8(2)9(11-12-13)10(14)15-3/h4-7H2,1-3H3. The lowest BCUT2D eigenvalue weighted by Gasteiger charge is -2.02. The Morgan fingerprint density at radius 3 is 2.80 bits per heavy atom. The Labute approximate surface area is 89.4 Å². The number of nitrogens with zero attached hydrogens (tertiary/aromatic N) is 3. The monoisotopic (exact) mass is 211 g/mol. The average Bonchev–Trinajstić information content (AvgIpc) is 2.60. The van der Waals surface area contributed by atoms with Gasteiger partial charge in [0.2, 0.25) is 0 Å². The smallest absolute Gasteiger partial charge is 0.360 e. The van der Waals surface area contributed by atoms with Gasteiger partial charge in [-0.15, -0.1) is 5.10 Å². The molecule has 0 aliphatic heterocycles. The Morgan fingerprint density at radius 1 is 1.47 bits per heavy atom. The van der Waals surface area contributed by atoms with E-state index >= 15 is 0 Å². The van der Waals surface area contributed by atoms with Gasteiger partial charge in [0.05, 0.1) is 12.8 Å². The fourth-order valence-electron chi connectivity index (χ4n) is 1.37. The molecule has 1 aromatic heterocycles. The molecule has 5 nitrogen and oxygen atoms in total. The molecular weight excluding hydrogens is 194 g/mol. The maximum Gasteiger partial charge on any atom is 0.360 e. The van der Waals surface area contributed by atoms with E-state index in [1.165, 1.54) is 7.11 Å². The molecule has 0 atom stereocenters. The number of carbonyl (C=O) groups excluding carboxylic acids is 1. The minimum Gasteiger partial charge on any atom is -0.464 e. The molecule has 0 saturated carbocycles. The van der Waals surface area contributed by atoms with Crippen LogP contribution in [0, 0.1) is 6.92 Å². The lowest BCUT2D eigenvalue weighted by molar-refractivity contribution is 0.0593. The molecule has 84 valence electrons. The number of carbonyl (C=O) groups is 1. The molecule has 0 N–H and O–H groups in total. The van der Waals surface area contributed by atoms with Gasteiger partial charge in [0, 0.05) is 6.54 Å². The number of rotatable bonds is 5. The third-order valence-corrected chi connectivity index (χ3v) is 2.33. The fraction of sp³-hybridized carbons (Fsp3) is 0.700. The normalized spacial score (nSPS) is 10.3. The summed E-state index contributed by atoms with van der Waals surface area (Å²) in [4.78, 5) is 11.2. The van der Waals surface area contributed by atoms with Gasteiger partial charge in [-0.05, 0) is 13.3 Å². The number of aromatic nitrogens is 3. The first kappa shape index (κ1) is 11.7. The minimum atomic E-state index is -0.422. The van der Waals surface area contributed by atoms with Crippen molar-refractivity contribution in [2.75, 3.05) is 7.11 Å². The number of hydrogen-bond donors (Lipinski definition) is 0. The van der Waals surface area contributed by atoms with Crippen molar-refractivity contribution in [3.63, 3.8) is 0 Å². The van der Waals surface area contributed by atoms with Crippen LogP contribution in [-0.4, -0.2) is 28.1 Å². The Morgan fingerprint density at radius 2 is 2.20 bits per heavy atom. The van der Waals surface area contributed by atoms with Crippen LogP contribution in [0.4, 0.5) is 0 Å². The van der Waals surface area contributed by atoms with E-state index in [0.717, 1.165) is 31.5 Å². The summed E-state index contributed by atoms with van der Waals surface area (Å²) in [5.41, 5.74) is 1.09. The van der Waals surface area contributed by atoms with E-state index in [2.05, 4.69) is 22.0 Å². The summed E-state index contributed by atoms with van der Waals surface area (Å²) >= 11 is 0. The second kappa shape index (κ2) is 5.48. The van der Waals surface area contributed by atoms with Crippen LogP contribution in [-0.2, 0) is 11.3 Å². The number of methoxy groups -OCH3 is 1. The van der Waals surface area contributed by atoms with Crippen LogP contribution in [0.1, 0.15) is 42.4 Å². The summed E-state index contributed by atoms with van der Waals surface area (Å²) in [5, 5.41) is 7.73. The highest BCUT2D eigenvalue weighted by Gasteiger charge is 2.16. The molecule has 0 aromatic carbocycles. The molecule has 5 heteroatoms. The Bertz CT molecular complexity index is 333. The van der Waals surface area contributed by atoms with Crippen molar-refractivity contribution in [3.8, 4) is 0 Å². The van der Waals surface area contributed by atoms with E-state index in [1.54, 1.807) is 4.68 Å². The zero-order valence-corrected chi connectivity index (χ0v) is 9.49. The van der Waals surface area contributed by atoms with E-state index < -0.39 is 5.97 Å². The summed E-state index contributed by atoms with van der Waals surface area (Å²) in [5.74, 6) is -0.422. The van der Waals surface area contributed by atoms with E-state index in [4.69, 9.17) is 0 Å². The third kappa shape index (κ3) is 2.78. The molecule has 15 heavy (non-hydrogen) atoms. The van der Waals surface area contributed by atoms with Crippen LogP contribution in [0.15, 0.2) is 0 Å². The second-order valence-corrected chi connectivity index (χ2v) is 3.45. The highest BCUT2D eigenvalue weighted by Crippen LogP contribution is 2.07. The molecule has 1 rings (SSSR count). The molecular formula is C10H17N3O2. The van der Waals surface area contributed by atoms with Crippen LogP contribution in [0.5, 0.6) is 0 Å². The SMILES string of the molecule is CCCCCn1nnc(C(=O)OC)c1C. The summed E-state index contributed by atoms with van der Waals surface area (Å²) in [6.45, 7) is 4.79. The molecule has 0 saturated heterocycles. The van der Waals surface area contributed by atoms with Crippen molar-refractivity contribution in [1.82, 2.24) is 15.0 Å². The van der Waals surface area contributed by atoms with E-state index in [0.29, 0.717) is 5.69 Å².